The number of amides is 1. The average Bonchev–Trinajstić information content (AvgIpc) is 3.49. The zero-order valence-electron chi connectivity index (χ0n) is 17.6. The van der Waals surface area contributed by atoms with Crippen LogP contribution in [0.4, 0.5) is 5.13 Å². The summed E-state index contributed by atoms with van der Waals surface area (Å²) in [5.41, 5.74) is 3.44. The number of benzene rings is 1. The first-order valence-corrected chi connectivity index (χ1v) is 12.0. The molecule has 0 aliphatic heterocycles. The smallest absolute Gasteiger partial charge is 0.303 e. The van der Waals surface area contributed by atoms with Crippen molar-refractivity contribution in [3.05, 3.63) is 40.9 Å². The average molecular weight is 444 g/mol. The molecule has 0 radical (unpaired) electrons. The third kappa shape index (κ3) is 5.68. The molecule has 4 rings (SSSR count). The fourth-order valence-electron chi connectivity index (χ4n) is 4.72. The van der Waals surface area contributed by atoms with Gasteiger partial charge in [-0.1, -0.05) is 36.3 Å². The van der Waals surface area contributed by atoms with E-state index in [0.29, 0.717) is 16.6 Å². The number of aliphatic carboxylic acids is 1. The van der Waals surface area contributed by atoms with Gasteiger partial charge < -0.3 is 9.84 Å². The fraction of sp³-hybridized carbons (Fsp3) is 0.565. The molecule has 0 bridgehead atoms. The quantitative estimate of drug-likeness (QED) is 0.586. The lowest BCUT2D eigenvalue weighted by Gasteiger charge is -2.28. The molecule has 1 amide bonds. The van der Waals surface area contributed by atoms with Crippen LogP contribution in [0.15, 0.2) is 29.8 Å². The van der Waals surface area contributed by atoms with Crippen LogP contribution in [-0.2, 0) is 9.53 Å². The third-order valence-corrected chi connectivity index (χ3v) is 7.22. The molecule has 0 unspecified atom stereocenters. The molecular weight excluding hydrogens is 414 g/mol. The molecule has 2 saturated carbocycles. The zero-order chi connectivity index (χ0) is 21.6. The van der Waals surface area contributed by atoms with Crippen molar-refractivity contribution in [1.29, 1.82) is 0 Å². The van der Waals surface area contributed by atoms with Crippen molar-refractivity contribution in [2.45, 2.75) is 69.8 Å². The normalized spacial score (nSPS) is 21.8. The van der Waals surface area contributed by atoms with Gasteiger partial charge in [0.2, 0.25) is 5.13 Å². The Bertz CT molecular complexity index is 857. The number of carboxylic acid groups (broad SMARTS) is 1. The van der Waals surface area contributed by atoms with Crippen molar-refractivity contribution in [3.8, 4) is 0 Å². The maximum absolute atomic E-state index is 13.2. The van der Waals surface area contributed by atoms with Gasteiger partial charge in [-0.05, 0) is 68.1 Å². The van der Waals surface area contributed by atoms with Gasteiger partial charge in [0.1, 0.15) is 12.2 Å². The van der Waals surface area contributed by atoms with E-state index >= 15 is 0 Å². The van der Waals surface area contributed by atoms with Crippen LogP contribution in [0.3, 0.4) is 0 Å². The predicted molar refractivity (Wildman–Crippen MR) is 118 cm³/mol. The summed E-state index contributed by atoms with van der Waals surface area (Å²) in [6, 6.07) is 7.83. The van der Waals surface area contributed by atoms with Gasteiger partial charge in [0.05, 0.1) is 6.10 Å². The molecule has 1 heterocycles. The van der Waals surface area contributed by atoms with Crippen molar-refractivity contribution < 1.29 is 19.4 Å². The fourth-order valence-corrected chi connectivity index (χ4v) is 5.27. The van der Waals surface area contributed by atoms with Crippen molar-refractivity contribution in [2.24, 2.45) is 5.92 Å². The summed E-state index contributed by atoms with van der Waals surface area (Å²) in [7, 11) is 0. The SMILES string of the molecule is O=C(O)CC1CCC(c2ccc(C(=O)N(COC3CCCC3)c3nncs3)cc2)CC1. The maximum Gasteiger partial charge on any atom is 0.303 e. The molecular formula is C23H29N3O4S. The molecule has 1 N–H and O–H groups in total. The number of hydrogen-bond acceptors (Lipinski definition) is 6. The van der Waals surface area contributed by atoms with Crippen LogP contribution in [-0.4, -0.2) is 40.0 Å². The van der Waals surface area contributed by atoms with Crippen molar-refractivity contribution in [1.82, 2.24) is 10.2 Å². The van der Waals surface area contributed by atoms with Crippen LogP contribution in [0.2, 0.25) is 0 Å². The largest absolute Gasteiger partial charge is 0.481 e. The lowest BCUT2D eigenvalue weighted by atomic mass is 9.77. The van der Waals surface area contributed by atoms with E-state index in [0.717, 1.165) is 38.5 Å². The highest BCUT2D eigenvalue weighted by molar-refractivity contribution is 7.13. The monoisotopic (exact) mass is 443 g/mol. The van der Waals surface area contributed by atoms with Gasteiger partial charge in [-0.25, -0.2) is 0 Å². The van der Waals surface area contributed by atoms with Crippen LogP contribution in [0, 0.1) is 5.92 Å². The minimum absolute atomic E-state index is 0.133. The van der Waals surface area contributed by atoms with E-state index in [-0.39, 0.29) is 31.1 Å². The summed E-state index contributed by atoms with van der Waals surface area (Å²) in [5, 5.41) is 17.5. The lowest BCUT2D eigenvalue weighted by molar-refractivity contribution is -0.138. The first-order valence-electron chi connectivity index (χ1n) is 11.1. The second-order valence-corrected chi connectivity index (χ2v) is 9.41. The molecule has 2 aromatic rings. The zero-order valence-corrected chi connectivity index (χ0v) is 18.4. The van der Waals surface area contributed by atoms with Crippen molar-refractivity contribution in [3.63, 3.8) is 0 Å². The summed E-state index contributed by atoms with van der Waals surface area (Å²) >= 11 is 1.33. The van der Waals surface area contributed by atoms with Gasteiger partial charge in [0, 0.05) is 12.0 Å². The highest BCUT2D eigenvalue weighted by Gasteiger charge is 2.26. The van der Waals surface area contributed by atoms with E-state index in [1.807, 2.05) is 24.3 Å². The first kappa shape index (κ1) is 21.9. The lowest BCUT2D eigenvalue weighted by Crippen LogP contribution is -2.34. The molecule has 2 aliphatic carbocycles. The van der Waals surface area contributed by atoms with E-state index < -0.39 is 5.97 Å². The number of carbonyl (C=O) groups is 2. The molecule has 0 atom stereocenters. The van der Waals surface area contributed by atoms with Crippen LogP contribution in [0.5, 0.6) is 0 Å². The summed E-state index contributed by atoms with van der Waals surface area (Å²) in [6.07, 6.45) is 8.81. The Kier molecular flexibility index (Phi) is 7.29. The molecule has 1 aromatic heterocycles. The molecule has 1 aromatic carbocycles. The van der Waals surface area contributed by atoms with E-state index in [4.69, 9.17) is 9.84 Å². The Hall–Kier alpha value is -2.32. The number of carbonyl (C=O) groups excluding carboxylic acids is 1. The number of carboxylic acids is 1. The van der Waals surface area contributed by atoms with Crippen molar-refractivity contribution in [2.75, 3.05) is 11.6 Å². The molecule has 166 valence electrons. The van der Waals surface area contributed by atoms with Crippen LogP contribution in [0.1, 0.15) is 79.6 Å². The Balaban J connectivity index is 1.39. The molecule has 0 spiro atoms. The Labute approximate surface area is 186 Å². The van der Waals surface area contributed by atoms with Crippen LogP contribution < -0.4 is 4.90 Å². The number of ether oxygens (including phenoxy) is 1. The van der Waals surface area contributed by atoms with Gasteiger partial charge in [-0.2, -0.15) is 0 Å². The van der Waals surface area contributed by atoms with E-state index in [1.54, 1.807) is 10.4 Å². The number of anilines is 1. The summed E-state index contributed by atoms with van der Waals surface area (Å²) in [4.78, 5) is 25.7. The van der Waals surface area contributed by atoms with E-state index in [2.05, 4.69) is 10.2 Å². The molecule has 31 heavy (non-hydrogen) atoms. The first-order chi connectivity index (χ1) is 15.1. The van der Waals surface area contributed by atoms with Gasteiger partial charge in [-0.15, -0.1) is 10.2 Å². The Morgan fingerprint density at radius 1 is 1.06 bits per heavy atom. The number of rotatable bonds is 8. The second kappa shape index (κ2) is 10.3. The molecule has 0 saturated heterocycles. The molecule has 8 heteroatoms. The van der Waals surface area contributed by atoms with Crippen LogP contribution >= 0.6 is 11.3 Å². The summed E-state index contributed by atoms with van der Waals surface area (Å²) < 4.78 is 5.99. The number of aromatic nitrogens is 2. The van der Waals surface area contributed by atoms with E-state index in [9.17, 15) is 9.59 Å². The predicted octanol–water partition coefficient (Wildman–Crippen LogP) is 4.85. The van der Waals surface area contributed by atoms with Gasteiger partial charge in [0.25, 0.3) is 5.91 Å². The topological polar surface area (TPSA) is 92.6 Å². The Morgan fingerprint density at radius 3 is 2.39 bits per heavy atom. The highest BCUT2D eigenvalue weighted by atomic mass is 32.1. The summed E-state index contributed by atoms with van der Waals surface area (Å²) in [5.74, 6) is -0.122. The highest BCUT2D eigenvalue weighted by Crippen LogP contribution is 2.37. The van der Waals surface area contributed by atoms with E-state index in [1.165, 1.54) is 29.7 Å². The van der Waals surface area contributed by atoms with Gasteiger partial charge in [-0.3, -0.25) is 14.5 Å². The van der Waals surface area contributed by atoms with Crippen molar-refractivity contribution >= 4 is 28.3 Å². The minimum Gasteiger partial charge on any atom is -0.481 e. The number of nitrogens with zero attached hydrogens (tertiary/aromatic N) is 3. The molecule has 7 nitrogen and oxygen atoms in total. The van der Waals surface area contributed by atoms with Gasteiger partial charge >= 0.3 is 5.97 Å². The van der Waals surface area contributed by atoms with Gasteiger partial charge in [0.15, 0.2) is 0 Å². The molecule has 2 aliphatic rings. The van der Waals surface area contributed by atoms with Crippen LogP contribution in [0.25, 0.3) is 0 Å². The summed E-state index contributed by atoms with van der Waals surface area (Å²) in [6.45, 7) is 0.189. The maximum atomic E-state index is 13.2. The standard InChI is InChI=1S/C23H29N3O4S/c27-21(28)13-16-5-7-17(8-6-16)18-9-11-19(12-10-18)22(29)26(23-25-24-14-31-23)15-30-20-3-1-2-4-20/h9-12,14,16-17,20H,1-8,13,15H2,(H,27,28). The number of hydrogen-bond donors (Lipinski definition) is 1. The second-order valence-electron chi connectivity index (χ2n) is 8.59. The third-order valence-electron chi connectivity index (χ3n) is 6.51. The molecule has 2 fully saturated rings. The minimum atomic E-state index is -0.705. The Morgan fingerprint density at radius 2 is 1.77 bits per heavy atom.